The lowest BCUT2D eigenvalue weighted by Gasteiger charge is -2.31. The molecular formula is C16H22ClFN2O3. The highest BCUT2D eigenvalue weighted by Crippen LogP contribution is 2.32. The molecule has 1 aromatic rings. The third-order valence-electron chi connectivity index (χ3n) is 3.83. The maximum absolute atomic E-state index is 13.7. The summed E-state index contributed by atoms with van der Waals surface area (Å²) in [6, 6.07) is 4.47. The fourth-order valence-electron chi connectivity index (χ4n) is 2.79. The van der Waals surface area contributed by atoms with E-state index in [2.05, 4.69) is 15.4 Å². The van der Waals surface area contributed by atoms with Crippen LogP contribution in [0.15, 0.2) is 18.2 Å². The van der Waals surface area contributed by atoms with E-state index in [4.69, 9.17) is 16.3 Å². The lowest BCUT2D eigenvalue weighted by molar-refractivity contribution is 0.00458. The van der Waals surface area contributed by atoms with Gasteiger partial charge in [-0.2, -0.15) is 0 Å². The van der Waals surface area contributed by atoms with E-state index in [1.54, 1.807) is 6.07 Å². The van der Waals surface area contributed by atoms with Crippen LogP contribution in [0.25, 0.3) is 0 Å². The summed E-state index contributed by atoms with van der Waals surface area (Å²) in [5.41, 5.74) is 0.724. The Balaban J connectivity index is 2.03. The molecule has 0 radical (unpaired) electrons. The molecule has 0 bridgehead atoms. The fraction of sp³-hybridized carbons (Fsp3) is 0.562. The fourth-order valence-corrected chi connectivity index (χ4v) is 3.02. The number of hydrogen-bond acceptors (Lipinski definition) is 4. The minimum absolute atomic E-state index is 0.236. The van der Waals surface area contributed by atoms with E-state index in [-0.39, 0.29) is 17.8 Å². The van der Waals surface area contributed by atoms with Crippen LogP contribution in [0.2, 0.25) is 5.02 Å². The average Bonchev–Trinajstić information content (AvgIpc) is 2.54. The zero-order valence-electron chi connectivity index (χ0n) is 13.1. The first-order valence-electron chi connectivity index (χ1n) is 7.70. The number of carbonyl (C=O) groups excluding carboxylic acids is 1. The van der Waals surface area contributed by atoms with Crippen molar-refractivity contribution < 1.29 is 18.7 Å². The Kier molecular flexibility index (Phi) is 7.08. The van der Waals surface area contributed by atoms with Crippen molar-refractivity contribution in [2.45, 2.75) is 18.9 Å². The molecule has 5 nitrogen and oxygen atoms in total. The Morgan fingerprint density at radius 2 is 2.35 bits per heavy atom. The first-order chi connectivity index (χ1) is 11.1. The number of carbonyl (C=O) groups is 1. The normalized spacial score (nSPS) is 19.2. The van der Waals surface area contributed by atoms with Crippen molar-refractivity contribution >= 4 is 17.7 Å². The smallest absolute Gasteiger partial charge is 0.406 e. The van der Waals surface area contributed by atoms with E-state index >= 15 is 0 Å². The van der Waals surface area contributed by atoms with E-state index in [9.17, 15) is 9.18 Å². The minimum Gasteiger partial charge on any atom is -0.453 e. The van der Waals surface area contributed by atoms with E-state index in [0.717, 1.165) is 31.5 Å². The Hall–Kier alpha value is -1.37. The van der Waals surface area contributed by atoms with Crippen molar-refractivity contribution in [3.05, 3.63) is 34.6 Å². The Morgan fingerprint density at radius 3 is 3.00 bits per heavy atom. The highest BCUT2D eigenvalue weighted by Gasteiger charge is 2.26. The van der Waals surface area contributed by atoms with Gasteiger partial charge in [0.2, 0.25) is 0 Å². The van der Waals surface area contributed by atoms with Gasteiger partial charge >= 0.3 is 6.09 Å². The first kappa shape index (κ1) is 18.0. The molecule has 128 valence electrons. The minimum atomic E-state index is -0.502. The maximum atomic E-state index is 13.7. The van der Waals surface area contributed by atoms with Gasteiger partial charge in [0.15, 0.2) is 0 Å². The van der Waals surface area contributed by atoms with Crippen LogP contribution < -0.4 is 10.6 Å². The molecule has 0 saturated carbocycles. The number of benzene rings is 1. The van der Waals surface area contributed by atoms with E-state index < -0.39 is 6.09 Å². The largest absolute Gasteiger partial charge is 0.453 e. The predicted molar refractivity (Wildman–Crippen MR) is 86.1 cm³/mol. The molecule has 2 rings (SSSR count). The zero-order chi connectivity index (χ0) is 16.7. The van der Waals surface area contributed by atoms with Gasteiger partial charge in [0.25, 0.3) is 0 Å². The standard InChI is InChI=1S/C16H22ClFN2O3/c1-22-16(21)20-5-6-23-15(11-3-2-4-19-10-11)12-7-13(17)9-14(18)8-12/h7-9,11,15,19H,2-6,10H2,1H3,(H,20,21)/t11?,15-/m1/s1. The van der Waals surface area contributed by atoms with Crippen molar-refractivity contribution in [3.8, 4) is 0 Å². The topological polar surface area (TPSA) is 59.6 Å². The van der Waals surface area contributed by atoms with Crippen molar-refractivity contribution in [2.24, 2.45) is 5.92 Å². The van der Waals surface area contributed by atoms with Gasteiger partial charge in [0.1, 0.15) is 5.82 Å². The van der Waals surface area contributed by atoms with Crippen LogP contribution >= 0.6 is 11.6 Å². The number of hydrogen-bond donors (Lipinski definition) is 2. The molecule has 1 fully saturated rings. The summed E-state index contributed by atoms with van der Waals surface area (Å²) >= 11 is 5.97. The van der Waals surface area contributed by atoms with Crippen LogP contribution in [0.3, 0.4) is 0 Å². The van der Waals surface area contributed by atoms with Crippen molar-refractivity contribution in [2.75, 3.05) is 33.4 Å². The summed E-state index contributed by atoms with van der Waals surface area (Å²) in [5.74, 6) is -0.141. The van der Waals surface area contributed by atoms with E-state index in [1.807, 2.05) is 0 Å². The third-order valence-corrected chi connectivity index (χ3v) is 4.05. The van der Waals surface area contributed by atoms with Crippen LogP contribution in [0, 0.1) is 11.7 Å². The molecule has 1 amide bonds. The third kappa shape index (κ3) is 5.64. The molecular weight excluding hydrogens is 323 g/mol. The number of ether oxygens (including phenoxy) is 2. The summed E-state index contributed by atoms with van der Waals surface area (Å²) in [6.45, 7) is 2.43. The molecule has 0 aromatic heterocycles. The molecule has 0 spiro atoms. The number of alkyl carbamates (subject to hydrolysis) is 1. The SMILES string of the molecule is COC(=O)NCCO[C@@H](c1cc(F)cc(Cl)c1)C1CCCNC1. The second-order valence-electron chi connectivity index (χ2n) is 5.52. The van der Waals surface area contributed by atoms with Gasteiger partial charge in [0.05, 0.1) is 19.8 Å². The molecule has 0 aliphatic carbocycles. The summed E-state index contributed by atoms with van der Waals surface area (Å²) in [7, 11) is 1.31. The molecule has 2 N–H and O–H groups in total. The molecule has 2 atom stereocenters. The van der Waals surface area contributed by atoms with Gasteiger partial charge < -0.3 is 20.1 Å². The Labute approximate surface area is 140 Å². The number of piperidine rings is 1. The monoisotopic (exact) mass is 344 g/mol. The second-order valence-corrected chi connectivity index (χ2v) is 5.96. The molecule has 1 aliphatic rings. The molecule has 23 heavy (non-hydrogen) atoms. The van der Waals surface area contributed by atoms with Crippen LogP contribution in [0.1, 0.15) is 24.5 Å². The number of methoxy groups -OCH3 is 1. The van der Waals surface area contributed by atoms with Crippen LogP contribution in [-0.2, 0) is 9.47 Å². The van der Waals surface area contributed by atoms with E-state index in [0.29, 0.717) is 18.2 Å². The lowest BCUT2D eigenvalue weighted by atomic mass is 9.89. The number of halogens is 2. The van der Waals surface area contributed by atoms with Gasteiger partial charge in [-0.3, -0.25) is 0 Å². The van der Waals surface area contributed by atoms with Crippen LogP contribution in [0.4, 0.5) is 9.18 Å². The average molecular weight is 345 g/mol. The Bertz CT molecular complexity index is 504. The van der Waals surface area contributed by atoms with Gasteiger partial charge in [-0.25, -0.2) is 9.18 Å². The Morgan fingerprint density at radius 1 is 1.52 bits per heavy atom. The van der Waals surface area contributed by atoms with Gasteiger partial charge in [-0.15, -0.1) is 0 Å². The number of amides is 1. The van der Waals surface area contributed by atoms with Gasteiger partial charge in [-0.1, -0.05) is 11.6 Å². The van der Waals surface area contributed by atoms with Crippen molar-refractivity contribution in [1.82, 2.24) is 10.6 Å². The molecule has 1 aliphatic heterocycles. The van der Waals surface area contributed by atoms with Gasteiger partial charge in [-0.05, 0) is 43.1 Å². The van der Waals surface area contributed by atoms with Gasteiger partial charge in [0, 0.05) is 24.0 Å². The van der Waals surface area contributed by atoms with Crippen molar-refractivity contribution in [1.29, 1.82) is 0 Å². The summed E-state index contributed by atoms with van der Waals surface area (Å²) < 4.78 is 24.1. The summed E-state index contributed by atoms with van der Waals surface area (Å²) in [4.78, 5) is 11.1. The molecule has 7 heteroatoms. The highest BCUT2D eigenvalue weighted by atomic mass is 35.5. The predicted octanol–water partition coefficient (Wildman–Crippen LogP) is 2.89. The van der Waals surface area contributed by atoms with Crippen LogP contribution in [-0.4, -0.2) is 39.4 Å². The molecule has 1 aromatic carbocycles. The number of rotatable bonds is 6. The lowest BCUT2D eigenvalue weighted by Crippen LogP contribution is -2.35. The molecule has 1 saturated heterocycles. The molecule has 1 unspecified atom stereocenters. The first-order valence-corrected chi connectivity index (χ1v) is 8.08. The van der Waals surface area contributed by atoms with E-state index in [1.165, 1.54) is 19.2 Å². The molecule has 1 heterocycles. The quantitative estimate of drug-likeness (QED) is 0.779. The summed E-state index contributed by atoms with van der Waals surface area (Å²) in [6.07, 6.45) is 1.28. The van der Waals surface area contributed by atoms with Crippen molar-refractivity contribution in [3.63, 3.8) is 0 Å². The highest BCUT2D eigenvalue weighted by molar-refractivity contribution is 6.30. The maximum Gasteiger partial charge on any atom is 0.406 e. The second kappa shape index (κ2) is 9.05. The zero-order valence-corrected chi connectivity index (χ0v) is 13.9. The number of nitrogens with one attached hydrogen (secondary N) is 2. The summed E-state index contributed by atoms with van der Waals surface area (Å²) in [5, 5.41) is 6.25. The van der Waals surface area contributed by atoms with Crippen LogP contribution in [0.5, 0.6) is 0 Å².